The largest absolute Gasteiger partial charge is 0.492 e. The molecule has 0 amide bonds. The minimum atomic E-state index is -0.0470. The summed E-state index contributed by atoms with van der Waals surface area (Å²) in [7, 11) is 2.21. The van der Waals surface area contributed by atoms with Gasteiger partial charge in [-0.05, 0) is 66.6 Å². The van der Waals surface area contributed by atoms with Crippen molar-refractivity contribution in [3.05, 3.63) is 135 Å². The van der Waals surface area contributed by atoms with E-state index < -0.39 is 0 Å². The zero-order chi connectivity index (χ0) is 36.6. The molecular formula is C42H51ClN8O2. The van der Waals surface area contributed by atoms with E-state index in [1.165, 1.54) is 28.2 Å². The van der Waals surface area contributed by atoms with Crippen LogP contribution in [-0.2, 0) is 25.9 Å². The van der Waals surface area contributed by atoms with Crippen molar-refractivity contribution in [2.45, 2.75) is 45.3 Å². The number of rotatable bonds is 10. The molecule has 11 heteroatoms. The highest BCUT2D eigenvalue weighted by Gasteiger charge is 2.32. The van der Waals surface area contributed by atoms with Crippen LogP contribution in [0.25, 0.3) is 0 Å². The van der Waals surface area contributed by atoms with Crippen LogP contribution in [0, 0.1) is 0 Å². The van der Waals surface area contributed by atoms with E-state index in [1.54, 1.807) is 9.25 Å². The second-order valence-corrected chi connectivity index (χ2v) is 14.5. The molecule has 0 N–H and O–H groups in total. The van der Waals surface area contributed by atoms with Crippen molar-refractivity contribution in [2.75, 3.05) is 75.8 Å². The molecule has 2 saturated heterocycles. The number of likely N-dealkylation sites (N-methyl/N-ethyl adjacent to an activating group) is 1. The minimum Gasteiger partial charge on any atom is -0.492 e. The summed E-state index contributed by atoms with van der Waals surface area (Å²) in [5.41, 5.74) is 5.41. The highest BCUT2D eigenvalue weighted by Crippen LogP contribution is 2.37. The van der Waals surface area contributed by atoms with E-state index >= 15 is 0 Å². The molecule has 10 nitrogen and oxygen atoms in total. The highest BCUT2D eigenvalue weighted by atomic mass is 35.5. The van der Waals surface area contributed by atoms with Crippen LogP contribution in [0.2, 0.25) is 5.02 Å². The third-order valence-corrected chi connectivity index (χ3v) is 10.8. The van der Waals surface area contributed by atoms with E-state index in [-0.39, 0.29) is 5.69 Å². The Bertz CT molecular complexity index is 1990. The Labute approximate surface area is 318 Å². The topological polar surface area (TPSA) is 74.9 Å². The Balaban J connectivity index is 0.000000184. The van der Waals surface area contributed by atoms with Gasteiger partial charge in [-0.3, -0.25) is 9.47 Å². The van der Waals surface area contributed by atoms with Crippen molar-refractivity contribution < 1.29 is 4.74 Å². The number of hydrogen-bond acceptors (Lipinski definition) is 8. The zero-order valence-corrected chi connectivity index (χ0v) is 31.7. The van der Waals surface area contributed by atoms with Crippen molar-refractivity contribution in [3.63, 3.8) is 0 Å². The fourth-order valence-corrected chi connectivity index (χ4v) is 7.91. The quantitative estimate of drug-likeness (QED) is 0.172. The molecule has 5 aromatic rings. The number of para-hydroxylation sites is 1. The number of aromatic nitrogens is 4. The molecule has 278 valence electrons. The second-order valence-electron chi connectivity index (χ2n) is 14.1. The van der Waals surface area contributed by atoms with Crippen LogP contribution in [0.4, 0.5) is 11.5 Å². The predicted molar refractivity (Wildman–Crippen MR) is 214 cm³/mol. The first-order chi connectivity index (χ1) is 26.0. The molecule has 1 atom stereocenters. The molecule has 3 aromatic carbocycles. The number of pyridine rings is 1. The fourth-order valence-electron chi connectivity index (χ4n) is 7.73. The first-order valence-corrected chi connectivity index (χ1v) is 19.4. The number of hydrogen-bond donors (Lipinski definition) is 0. The normalized spacial score (nSPS) is 17.2. The van der Waals surface area contributed by atoms with E-state index in [1.807, 2.05) is 61.7 Å². The number of anilines is 2. The first-order valence-electron chi connectivity index (χ1n) is 19.0. The van der Waals surface area contributed by atoms with Gasteiger partial charge in [0, 0.05) is 88.7 Å². The summed E-state index contributed by atoms with van der Waals surface area (Å²) in [6.07, 6.45) is 4.54. The predicted octanol–water partition coefficient (Wildman–Crippen LogP) is 6.03. The maximum Gasteiger partial charge on any atom is 0.346 e. The maximum atomic E-state index is 12.9. The highest BCUT2D eigenvalue weighted by molar-refractivity contribution is 6.30. The summed E-state index contributed by atoms with van der Waals surface area (Å²) in [6.45, 7) is 11.8. The lowest BCUT2D eigenvalue weighted by Crippen LogP contribution is -2.47. The Morgan fingerprint density at radius 3 is 2.43 bits per heavy atom. The molecule has 1 unspecified atom stereocenters. The standard InChI is InChI=1S/C25H32ClN5O2.C17H19N3/c1-2-24-27-31(25(32)30(24)18-19-33-23-10-4-3-5-11-23)13-7-12-28-14-16-29(17-15-28)22-9-6-8-21(26)20-22;1-19-9-10-20-16(12-19)15-7-3-2-5-13(15)11-14-6-4-8-18-17(14)20/h3-6,8-11,20H,2,7,12-19H2,1H3;2-8,16H,9-12H2,1H3. The smallest absolute Gasteiger partial charge is 0.346 e. The zero-order valence-electron chi connectivity index (χ0n) is 31.0. The van der Waals surface area contributed by atoms with Crippen molar-refractivity contribution in [2.24, 2.45) is 0 Å². The number of benzene rings is 3. The lowest BCUT2D eigenvalue weighted by Gasteiger charge is -2.41. The van der Waals surface area contributed by atoms with Gasteiger partial charge in [0.05, 0.1) is 12.6 Å². The Kier molecular flexibility index (Phi) is 12.1. The van der Waals surface area contributed by atoms with E-state index in [9.17, 15) is 4.79 Å². The summed E-state index contributed by atoms with van der Waals surface area (Å²) in [4.78, 5) is 27.3. The van der Waals surface area contributed by atoms with Gasteiger partial charge in [0.2, 0.25) is 0 Å². The van der Waals surface area contributed by atoms with Gasteiger partial charge in [0.15, 0.2) is 0 Å². The van der Waals surface area contributed by atoms with Gasteiger partial charge in [0.1, 0.15) is 24.0 Å². The average molecular weight is 735 g/mol. The summed E-state index contributed by atoms with van der Waals surface area (Å²) < 4.78 is 9.12. The van der Waals surface area contributed by atoms with Gasteiger partial charge in [-0.2, -0.15) is 5.10 Å². The molecule has 0 radical (unpaired) electrons. The third kappa shape index (κ3) is 8.95. The minimum absolute atomic E-state index is 0.0470. The van der Waals surface area contributed by atoms with Gasteiger partial charge in [-0.25, -0.2) is 14.5 Å². The molecule has 3 aliphatic rings. The first kappa shape index (κ1) is 36.7. The number of halogens is 1. The molecular weight excluding hydrogens is 684 g/mol. The molecule has 2 fully saturated rings. The van der Waals surface area contributed by atoms with Gasteiger partial charge in [-0.15, -0.1) is 0 Å². The summed E-state index contributed by atoms with van der Waals surface area (Å²) in [6, 6.07) is 31.3. The van der Waals surface area contributed by atoms with E-state index in [0.717, 1.165) is 88.2 Å². The van der Waals surface area contributed by atoms with E-state index in [0.29, 0.717) is 25.7 Å². The van der Waals surface area contributed by atoms with Crippen molar-refractivity contribution >= 4 is 23.1 Å². The Morgan fingerprint density at radius 1 is 0.830 bits per heavy atom. The number of piperazine rings is 2. The summed E-state index contributed by atoms with van der Waals surface area (Å²) >= 11 is 6.13. The average Bonchev–Trinajstić information content (AvgIpc) is 3.41. The molecule has 0 aliphatic carbocycles. The third-order valence-electron chi connectivity index (χ3n) is 10.6. The van der Waals surface area contributed by atoms with Crippen LogP contribution in [0.3, 0.4) is 0 Å². The fraction of sp³-hybridized carbons (Fsp3) is 0.405. The second kappa shape index (κ2) is 17.5. The molecule has 5 heterocycles. The monoisotopic (exact) mass is 734 g/mol. The SMILES string of the molecule is CCc1nn(CCCN2CCN(c3cccc(Cl)c3)CC2)c(=O)n1CCOc1ccccc1.CN1CCN2c3ncccc3Cc3ccccc3C2C1. The Morgan fingerprint density at radius 2 is 1.62 bits per heavy atom. The van der Waals surface area contributed by atoms with Crippen LogP contribution in [0.1, 0.15) is 41.9 Å². The van der Waals surface area contributed by atoms with Crippen LogP contribution >= 0.6 is 11.6 Å². The van der Waals surface area contributed by atoms with Crippen molar-refractivity contribution in [3.8, 4) is 5.75 Å². The van der Waals surface area contributed by atoms with Gasteiger partial charge >= 0.3 is 5.69 Å². The van der Waals surface area contributed by atoms with E-state index in [2.05, 4.69) is 79.2 Å². The van der Waals surface area contributed by atoms with Crippen molar-refractivity contribution in [1.29, 1.82) is 0 Å². The lowest BCUT2D eigenvalue weighted by molar-refractivity contribution is 0.248. The van der Waals surface area contributed by atoms with Crippen LogP contribution in [-0.4, -0.2) is 95.1 Å². The molecule has 2 aromatic heterocycles. The number of fused-ring (bicyclic) bond motifs is 5. The van der Waals surface area contributed by atoms with Gasteiger partial charge < -0.3 is 19.4 Å². The number of nitrogens with zero attached hydrogens (tertiary/aromatic N) is 8. The maximum absolute atomic E-state index is 12.9. The van der Waals surface area contributed by atoms with Crippen LogP contribution in [0.15, 0.2) is 102 Å². The summed E-state index contributed by atoms with van der Waals surface area (Å²) in [5.74, 6) is 2.81. The molecule has 53 heavy (non-hydrogen) atoms. The summed E-state index contributed by atoms with van der Waals surface area (Å²) in [5, 5.41) is 5.34. The van der Waals surface area contributed by atoms with Crippen LogP contribution in [0.5, 0.6) is 5.75 Å². The van der Waals surface area contributed by atoms with Gasteiger partial charge in [-0.1, -0.05) is 73.1 Å². The number of aryl methyl sites for hydroxylation is 2. The lowest BCUT2D eigenvalue weighted by atomic mass is 9.96. The molecule has 0 spiro atoms. The molecule has 0 bridgehead atoms. The molecule has 3 aliphatic heterocycles. The molecule has 8 rings (SSSR count). The Hall–Kier alpha value is -4.64. The van der Waals surface area contributed by atoms with Gasteiger partial charge in [0.25, 0.3) is 0 Å². The van der Waals surface area contributed by atoms with E-state index in [4.69, 9.17) is 16.3 Å². The van der Waals surface area contributed by atoms with Crippen LogP contribution < -0.4 is 20.2 Å². The molecule has 0 saturated carbocycles. The van der Waals surface area contributed by atoms with Crippen molar-refractivity contribution in [1.82, 2.24) is 29.1 Å². The number of ether oxygens (including phenoxy) is 1.